The summed E-state index contributed by atoms with van der Waals surface area (Å²) in [6, 6.07) is 0.238. The van der Waals surface area contributed by atoms with Gasteiger partial charge in [-0.05, 0) is 39.9 Å². The lowest BCUT2D eigenvalue weighted by Gasteiger charge is -2.41. The second-order valence-electron chi connectivity index (χ2n) is 6.19. The van der Waals surface area contributed by atoms with Crippen molar-refractivity contribution in [2.24, 2.45) is 0 Å². The second-order valence-corrected chi connectivity index (χ2v) is 6.19. The summed E-state index contributed by atoms with van der Waals surface area (Å²) in [6.07, 6.45) is 1.95. The smallest absolute Gasteiger partial charge is 0.248 e. The van der Waals surface area contributed by atoms with Crippen molar-refractivity contribution in [1.29, 1.82) is 0 Å². The molecule has 0 radical (unpaired) electrons. The first kappa shape index (κ1) is 15.7. The summed E-state index contributed by atoms with van der Waals surface area (Å²) in [5.74, 6) is 0.00160. The largest absolute Gasteiger partial charge is 0.395 e. The molecule has 0 aliphatic carbocycles. The molecule has 0 saturated carbocycles. The number of piperidine rings is 1. The topological polar surface area (TPSA) is 65.0 Å². The van der Waals surface area contributed by atoms with Crippen LogP contribution in [0.1, 0.15) is 19.8 Å². The minimum Gasteiger partial charge on any atom is -0.395 e. The lowest BCUT2D eigenvalue weighted by atomic mass is 10.00. The monoisotopic (exact) mass is 285 g/mol. The molecule has 6 nitrogen and oxygen atoms in total. The van der Waals surface area contributed by atoms with Crippen molar-refractivity contribution in [2.75, 3.05) is 53.0 Å². The van der Waals surface area contributed by atoms with Crippen LogP contribution in [0.5, 0.6) is 0 Å². The van der Waals surface area contributed by atoms with Gasteiger partial charge in [-0.2, -0.15) is 0 Å². The molecule has 2 fully saturated rings. The highest BCUT2D eigenvalue weighted by Gasteiger charge is 2.34. The molecule has 2 rings (SSSR count). The summed E-state index contributed by atoms with van der Waals surface area (Å²) in [5, 5.41) is 12.4. The van der Waals surface area contributed by atoms with E-state index in [1.807, 2.05) is 11.8 Å². The first-order chi connectivity index (χ1) is 9.54. The minimum absolute atomic E-state index is 0.00160. The molecule has 6 heteroatoms. The third-order valence-corrected chi connectivity index (χ3v) is 4.33. The Hall–Kier alpha value is -0.690. The van der Waals surface area contributed by atoms with E-state index in [1.165, 1.54) is 0 Å². The number of likely N-dealkylation sites (tertiary alicyclic amines) is 1. The molecule has 2 N–H and O–H groups in total. The number of hydrogen-bond acceptors (Lipinski definition) is 5. The van der Waals surface area contributed by atoms with E-state index in [1.54, 1.807) is 0 Å². The number of nitrogens with one attached hydrogen (secondary N) is 1. The maximum absolute atomic E-state index is 12.4. The number of ether oxygens (including phenoxy) is 1. The Bertz CT molecular complexity index is 326. The summed E-state index contributed by atoms with van der Waals surface area (Å²) < 4.78 is 5.72. The van der Waals surface area contributed by atoms with Crippen LogP contribution in [0.2, 0.25) is 0 Å². The van der Waals surface area contributed by atoms with Crippen LogP contribution in [0.15, 0.2) is 0 Å². The molecule has 0 aromatic carbocycles. The zero-order valence-corrected chi connectivity index (χ0v) is 12.6. The molecular weight excluding hydrogens is 258 g/mol. The van der Waals surface area contributed by atoms with E-state index in [4.69, 9.17) is 4.74 Å². The molecule has 0 atom stereocenters. The van der Waals surface area contributed by atoms with Gasteiger partial charge >= 0.3 is 0 Å². The molecule has 0 unspecified atom stereocenters. The number of aliphatic hydroxyl groups is 1. The van der Waals surface area contributed by atoms with Crippen LogP contribution in [-0.4, -0.2) is 85.4 Å². The Morgan fingerprint density at radius 1 is 1.45 bits per heavy atom. The van der Waals surface area contributed by atoms with Crippen LogP contribution in [0.4, 0.5) is 0 Å². The van der Waals surface area contributed by atoms with Gasteiger partial charge in [0.25, 0.3) is 0 Å². The van der Waals surface area contributed by atoms with E-state index >= 15 is 0 Å². The predicted octanol–water partition coefficient (Wildman–Crippen LogP) is -0.720. The van der Waals surface area contributed by atoms with Crippen LogP contribution in [0.3, 0.4) is 0 Å². The lowest BCUT2D eigenvalue weighted by Crippen LogP contribution is -2.60. The van der Waals surface area contributed by atoms with Crippen molar-refractivity contribution in [3.8, 4) is 0 Å². The first-order valence-electron chi connectivity index (χ1n) is 7.48. The summed E-state index contributed by atoms with van der Waals surface area (Å²) >= 11 is 0. The highest BCUT2D eigenvalue weighted by atomic mass is 16.5. The van der Waals surface area contributed by atoms with Gasteiger partial charge in [0.2, 0.25) is 5.91 Å². The SMILES string of the molecule is CN1CCC(N(CCO)C(=O)COC2(C)CNC2)CC1. The first-order valence-corrected chi connectivity index (χ1v) is 7.48. The number of carbonyl (C=O) groups excluding carboxylic acids is 1. The maximum Gasteiger partial charge on any atom is 0.248 e. The van der Waals surface area contributed by atoms with E-state index in [9.17, 15) is 9.90 Å². The van der Waals surface area contributed by atoms with Gasteiger partial charge in [-0.3, -0.25) is 4.79 Å². The summed E-state index contributed by atoms with van der Waals surface area (Å²) in [7, 11) is 2.10. The Morgan fingerprint density at radius 2 is 2.10 bits per heavy atom. The number of rotatable bonds is 6. The van der Waals surface area contributed by atoms with E-state index in [0.29, 0.717) is 6.54 Å². The van der Waals surface area contributed by atoms with Crippen LogP contribution in [0, 0.1) is 0 Å². The van der Waals surface area contributed by atoms with Crippen LogP contribution in [0.25, 0.3) is 0 Å². The molecular formula is C14H27N3O3. The molecule has 2 aliphatic heterocycles. The van der Waals surface area contributed by atoms with E-state index < -0.39 is 0 Å². The molecule has 0 bridgehead atoms. The Kier molecular flexibility index (Phi) is 5.37. The van der Waals surface area contributed by atoms with Crippen molar-refractivity contribution in [1.82, 2.24) is 15.1 Å². The highest BCUT2D eigenvalue weighted by molar-refractivity contribution is 5.77. The summed E-state index contributed by atoms with van der Waals surface area (Å²) in [4.78, 5) is 16.4. The zero-order chi connectivity index (χ0) is 14.6. The number of hydrogen-bond donors (Lipinski definition) is 2. The van der Waals surface area contributed by atoms with Gasteiger partial charge in [0.15, 0.2) is 0 Å². The predicted molar refractivity (Wildman–Crippen MR) is 76.5 cm³/mol. The van der Waals surface area contributed by atoms with Gasteiger partial charge in [-0.1, -0.05) is 0 Å². The average Bonchev–Trinajstić information content (AvgIpc) is 2.41. The molecule has 0 spiro atoms. The third-order valence-electron chi connectivity index (χ3n) is 4.33. The Balaban J connectivity index is 1.84. The van der Waals surface area contributed by atoms with Gasteiger partial charge in [-0.15, -0.1) is 0 Å². The molecule has 2 aliphatic rings. The van der Waals surface area contributed by atoms with Gasteiger partial charge in [0.1, 0.15) is 6.61 Å². The Morgan fingerprint density at radius 3 is 2.60 bits per heavy atom. The van der Waals surface area contributed by atoms with Crippen molar-refractivity contribution >= 4 is 5.91 Å². The minimum atomic E-state index is -0.201. The van der Waals surface area contributed by atoms with Crippen molar-refractivity contribution in [3.05, 3.63) is 0 Å². The normalized spacial score (nSPS) is 23.4. The average molecular weight is 285 g/mol. The fourth-order valence-corrected chi connectivity index (χ4v) is 2.82. The van der Waals surface area contributed by atoms with Crippen molar-refractivity contribution < 1.29 is 14.6 Å². The molecule has 2 saturated heterocycles. The van der Waals surface area contributed by atoms with Crippen molar-refractivity contribution in [3.63, 3.8) is 0 Å². The molecule has 1 amide bonds. The Labute approximate surface area is 121 Å². The fourth-order valence-electron chi connectivity index (χ4n) is 2.82. The lowest BCUT2D eigenvalue weighted by molar-refractivity contribution is -0.149. The number of carbonyl (C=O) groups is 1. The number of amides is 1. The van der Waals surface area contributed by atoms with Crippen LogP contribution in [-0.2, 0) is 9.53 Å². The quantitative estimate of drug-likeness (QED) is 0.674. The number of nitrogens with zero attached hydrogens (tertiary/aromatic N) is 2. The molecule has 0 aromatic heterocycles. The van der Waals surface area contributed by atoms with Crippen molar-refractivity contribution in [2.45, 2.75) is 31.4 Å². The highest BCUT2D eigenvalue weighted by Crippen LogP contribution is 2.18. The third kappa shape index (κ3) is 3.91. The maximum atomic E-state index is 12.4. The van der Waals surface area contributed by atoms with E-state index in [-0.39, 0.29) is 30.8 Å². The van der Waals surface area contributed by atoms with E-state index in [0.717, 1.165) is 39.0 Å². The zero-order valence-electron chi connectivity index (χ0n) is 12.6. The molecule has 116 valence electrons. The van der Waals surface area contributed by atoms with Gasteiger partial charge in [0.05, 0.1) is 12.2 Å². The standard InChI is InChI=1S/C14H27N3O3/c1-14(10-15-11-14)20-9-13(19)17(7-8-18)12-3-5-16(2)6-4-12/h12,15,18H,3-11H2,1-2H3. The van der Waals surface area contributed by atoms with E-state index in [2.05, 4.69) is 17.3 Å². The molecule has 0 aromatic rings. The van der Waals surface area contributed by atoms with Gasteiger partial charge in [0, 0.05) is 25.7 Å². The number of aliphatic hydroxyl groups excluding tert-OH is 1. The summed E-state index contributed by atoms with van der Waals surface area (Å²) in [6.45, 7) is 6.16. The van der Waals surface area contributed by atoms with Crippen LogP contribution >= 0.6 is 0 Å². The van der Waals surface area contributed by atoms with Gasteiger partial charge in [-0.25, -0.2) is 0 Å². The van der Waals surface area contributed by atoms with Crippen LogP contribution < -0.4 is 5.32 Å². The summed E-state index contributed by atoms with van der Waals surface area (Å²) in [5.41, 5.74) is -0.201. The molecule has 2 heterocycles. The fraction of sp³-hybridized carbons (Fsp3) is 0.929. The second kappa shape index (κ2) is 6.85. The van der Waals surface area contributed by atoms with Gasteiger partial charge < -0.3 is 25.0 Å². The molecule has 20 heavy (non-hydrogen) atoms.